The summed E-state index contributed by atoms with van der Waals surface area (Å²) in [7, 11) is 1.40. The molecule has 0 aliphatic rings. The monoisotopic (exact) mass is 234 g/mol. The number of carbonyl (C=O) groups excluding carboxylic acids is 1. The molecule has 0 aromatic rings. The van der Waals surface area contributed by atoms with Gasteiger partial charge in [0, 0.05) is 10.9 Å². The van der Waals surface area contributed by atoms with Crippen molar-refractivity contribution >= 4 is 21.9 Å². The number of ether oxygens (including phenoxy) is 1. The Balaban J connectivity index is 4.13. The van der Waals surface area contributed by atoms with Crippen LogP contribution in [0.15, 0.2) is 11.6 Å². The van der Waals surface area contributed by atoms with E-state index in [1.54, 1.807) is 0 Å². The van der Waals surface area contributed by atoms with Crippen molar-refractivity contribution in [1.29, 1.82) is 0 Å². The van der Waals surface area contributed by atoms with Gasteiger partial charge < -0.3 is 4.74 Å². The third-order valence-electron chi connectivity index (χ3n) is 1.43. The molecule has 0 saturated carbocycles. The Hall–Kier alpha value is -0.310. The predicted octanol–water partition coefficient (Wildman–Crippen LogP) is 2.53. The van der Waals surface area contributed by atoms with E-state index in [2.05, 4.69) is 34.5 Å². The van der Waals surface area contributed by atoms with Gasteiger partial charge in [-0.1, -0.05) is 35.9 Å². The molecule has 0 aliphatic carbocycles. The summed E-state index contributed by atoms with van der Waals surface area (Å²) in [4.78, 5) is 11.0. The molecule has 0 aliphatic heterocycles. The molecular weight excluding hydrogens is 220 g/mol. The zero-order valence-electron chi connectivity index (χ0n) is 7.76. The van der Waals surface area contributed by atoms with Gasteiger partial charge in [0.1, 0.15) is 0 Å². The van der Waals surface area contributed by atoms with Gasteiger partial charge in [0.2, 0.25) is 0 Å². The third-order valence-corrected chi connectivity index (χ3v) is 2.03. The molecule has 0 aromatic heterocycles. The largest absolute Gasteiger partial charge is 0.466 e. The molecule has 0 bridgehead atoms. The first-order valence-corrected chi connectivity index (χ1v) is 5.07. The van der Waals surface area contributed by atoms with Crippen molar-refractivity contribution in [1.82, 2.24) is 0 Å². The number of esters is 1. The Morgan fingerprint density at radius 3 is 2.50 bits per heavy atom. The summed E-state index contributed by atoms with van der Waals surface area (Å²) >= 11 is 3.24. The van der Waals surface area contributed by atoms with Gasteiger partial charge in [-0.2, -0.15) is 0 Å². The highest BCUT2D eigenvalue weighted by Crippen LogP contribution is 2.08. The summed E-state index contributed by atoms with van der Waals surface area (Å²) in [5.74, 6) is 0.330. The third kappa shape index (κ3) is 4.54. The Kier molecular flexibility index (Phi) is 6.07. The molecule has 0 radical (unpaired) electrons. The fraction of sp³-hybridized carbons (Fsp3) is 0.667. The smallest absolute Gasteiger partial charge is 0.334 e. The lowest BCUT2D eigenvalue weighted by molar-refractivity contribution is -0.135. The van der Waals surface area contributed by atoms with Gasteiger partial charge in [-0.15, -0.1) is 0 Å². The van der Waals surface area contributed by atoms with E-state index in [4.69, 9.17) is 0 Å². The van der Waals surface area contributed by atoms with Gasteiger partial charge in [-0.25, -0.2) is 4.79 Å². The van der Waals surface area contributed by atoms with Gasteiger partial charge in [-0.3, -0.25) is 0 Å². The van der Waals surface area contributed by atoms with Gasteiger partial charge in [0.15, 0.2) is 0 Å². The summed E-state index contributed by atoms with van der Waals surface area (Å²) in [5, 5.41) is 0.562. The highest BCUT2D eigenvalue weighted by molar-refractivity contribution is 9.09. The molecule has 0 N–H and O–H groups in total. The second kappa shape index (κ2) is 6.23. The number of alkyl halides is 1. The lowest BCUT2D eigenvalue weighted by Crippen LogP contribution is -2.06. The second-order valence-corrected chi connectivity index (χ2v) is 3.54. The van der Waals surface area contributed by atoms with Crippen LogP contribution in [0.3, 0.4) is 0 Å². The normalized spacial score (nSPS) is 11.9. The maximum Gasteiger partial charge on any atom is 0.334 e. The maximum atomic E-state index is 11.0. The summed E-state index contributed by atoms with van der Waals surface area (Å²) in [6.45, 7) is 4.22. The standard InChI is InChI=1S/C9H15BrO2/c1-7(2)4-5-8(6-10)9(11)12-3/h5,7H,4,6H2,1-3H3/b8-5+. The molecule has 3 heteroatoms. The summed E-state index contributed by atoms with van der Waals surface area (Å²) < 4.78 is 4.60. The quantitative estimate of drug-likeness (QED) is 0.425. The van der Waals surface area contributed by atoms with Crippen LogP contribution in [-0.2, 0) is 9.53 Å². The van der Waals surface area contributed by atoms with E-state index in [-0.39, 0.29) is 5.97 Å². The zero-order valence-corrected chi connectivity index (χ0v) is 9.35. The second-order valence-electron chi connectivity index (χ2n) is 2.98. The van der Waals surface area contributed by atoms with Crippen LogP contribution in [0.1, 0.15) is 20.3 Å². The zero-order chi connectivity index (χ0) is 9.56. The van der Waals surface area contributed by atoms with E-state index in [9.17, 15) is 4.79 Å². The predicted molar refractivity (Wildman–Crippen MR) is 53.3 cm³/mol. The van der Waals surface area contributed by atoms with E-state index in [0.717, 1.165) is 6.42 Å². The van der Waals surface area contributed by atoms with Crippen molar-refractivity contribution in [2.45, 2.75) is 20.3 Å². The van der Waals surface area contributed by atoms with E-state index in [1.807, 2.05) is 6.08 Å². The molecule has 2 nitrogen and oxygen atoms in total. The van der Waals surface area contributed by atoms with Crippen molar-refractivity contribution in [2.24, 2.45) is 5.92 Å². The maximum absolute atomic E-state index is 11.0. The molecule has 0 amide bonds. The topological polar surface area (TPSA) is 26.3 Å². The SMILES string of the molecule is COC(=O)/C(=C/CC(C)C)CBr. The van der Waals surface area contributed by atoms with Gasteiger partial charge >= 0.3 is 5.97 Å². The minimum atomic E-state index is -0.243. The van der Waals surface area contributed by atoms with E-state index in [1.165, 1.54) is 7.11 Å². The molecule has 12 heavy (non-hydrogen) atoms. The first-order chi connectivity index (χ1) is 5.61. The van der Waals surface area contributed by atoms with Crippen LogP contribution in [-0.4, -0.2) is 18.4 Å². The lowest BCUT2D eigenvalue weighted by atomic mass is 10.1. The van der Waals surface area contributed by atoms with Crippen LogP contribution >= 0.6 is 15.9 Å². The van der Waals surface area contributed by atoms with E-state index < -0.39 is 0 Å². The molecule has 0 saturated heterocycles. The van der Waals surface area contributed by atoms with Crippen molar-refractivity contribution in [3.63, 3.8) is 0 Å². The van der Waals surface area contributed by atoms with Crippen LogP contribution < -0.4 is 0 Å². The number of halogens is 1. The van der Waals surface area contributed by atoms with Crippen molar-refractivity contribution in [2.75, 3.05) is 12.4 Å². The van der Waals surface area contributed by atoms with Crippen molar-refractivity contribution < 1.29 is 9.53 Å². The Bertz CT molecular complexity index is 173. The number of rotatable bonds is 4. The molecular formula is C9H15BrO2. The number of allylic oxidation sites excluding steroid dienone is 1. The number of carbonyl (C=O) groups is 1. The molecule has 0 atom stereocenters. The Morgan fingerprint density at radius 2 is 2.17 bits per heavy atom. The van der Waals surface area contributed by atoms with Gasteiger partial charge in [-0.05, 0) is 12.3 Å². The summed E-state index contributed by atoms with van der Waals surface area (Å²) in [6.07, 6.45) is 2.83. The highest BCUT2D eigenvalue weighted by Gasteiger charge is 2.06. The van der Waals surface area contributed by atoms with Crippen molar-refractivity contribution in [3.05, 3.63) is 11.6 Å². The summed E-state index contributed by atoms with van der Waals surface area (Å²) in [5.41, 5.74) is 0.700. The average molecular weight is 235 g/mol. The van der Waals surface area contributed by atoms with Crippen LogP contribution in [0.2, 0.25) is 0 Å². The number of methoxy groups -OCH3 is 1. The molecule has 0 fully saturated rings. The number of hydrogen-bond acceptors (Lipinski definition) is 2. The van der Waals surface area contributed by atoms with Crippen LogP contribution in [0, 0.1) is 5.92 Å². The van der Waals surface area contributed by atoms with Gasteiger partial charge in [0.25, 0.3) is 0 Å². The molecule has 0 heterocycles. The highest BCUT2D eigenvalue weighted by atomic mass is 79.9. The average Bonchev–Trinajstić information content (AvgIpc) is 2.04. The van der Waals surface area contributed by atoms with Crippen LogP contribution in [0.5, 0.6) is 0 Å². The first-order valence-electron chi connectivity index (χ1n) is 3.95. The molecule has 70 valence electrons. The van der Waals surface area contributed by atoms with Crippen LogP contribution in [0.25, 0.3) is 0 Å². The minimum Gasteiger partial charge on any atom is -0.466 e. The first kappa shape index (κ1) is 11.7. The summed E-state index contributed by atoms with van der Waals surface area (Å²) in [6, 6.07) is 0. The lowest BCUT2D eigenvalue weighted by Gasteiger charge is -2.02. The molecule has 0 aromatic carbocycles. The fourth-order valence-corrected chi connectivity index (χ4v) is 1.16. The Labute approximate surface area is 82.1 Å². The minimum absolute atomic E-state index is 0.243. The fourth-order valence-electron chi connectivity index (χ4n) is 0.701. The van der Waals surface area contributed by atoms with Crippen molar-refractivity contribution in [3.8, 4) is 0 Å². The molecule has 0 spiro atoms. The number of hydrogen-bond donors (Lipinski definition) is 0. The Morgan fingerprint density at radius 1 is 1.58 bits per heavy atom. The molecule has 0 rings (SSSR count). The van der Waals surface area contributed by atoms with Crippen LogP contribution in [0.4, 0.5) is 0 Å². The van der Waals surface area contributed by atoms with E-state index >= 15 is 0 Å². The van der Waals surface area contributed by atoms with Gasteiger partial charge in [0.05, 0.1) is 7.11 Å². The van der Waals surface area contributed by atoms with E-state index in [0.29, 0.717) is 16.8 Å². The molecule has 0 unspecified atom stereocenters.